The van der Waals surface area contributed by atoms with E-state index in [0.717, 1.165) is 5.56 Å². The molecule has 14 heavy (non-hydrogen) atoms. The quantitative estimate of drug-likeness (QED) is 0.824. The Kier molecular flexibility index (Phi) is 3.29. The van der Waals surface area contributed by atoms with Crippen molar-refractivity contribution in [1.82, 2.24) is 0 Å². The molecule has 1 aromatic rings. The second-order valence-electron chi connectivity index (χ2n) is 3.44. The maximum Gasteiger partial charge on any atom is 0.180 e. The largest absolute Gasteiger partial charge is 0.326 e. The molecule has 3 nitrogen and oxygen atoms in total. The van der Waals surface area contributed by atoms with Gasteiger partial charge in [0.1, 0.15) is 0 Å². The van der Waals surface area contributed by atoms with Crippen LogP contribution in [0.3, 0.4) is 0 Å². The van der Waals surface area contributed by atoms with E-state index in [0.29, 0.717) is 11.4 Å². The first kappa shape index (κ1) is 11.2. The van der Waals surface area contributed by atoms with Crippen molar-refractivity contribution in [2.24, 2.45) is 5.73 Å². The molecule has 78 valence electrons. The predicted octanol–water partition coefficient (Wildman–Crippen LogP) is 1.33. The predicted molar refractivity (Wildman–Crippen MR) is 56.7 cm³/mol. The molecule has 0 fully saturated rings. The highest BCUT2D eigenvalue weighted by atomic mass is 32.2. The lowest BCUT2D eigenvalue weighted by atomic mass is 10.2. The van der Waals surface area contributed by atoms with Gasteiger partial charge in [-0.1, -0.05) is 12.1 Å². The molecule has 1 rings (SSSR count). The molecule has 0 aliphatic rings. The van der Waals surface area contributed by atoms with Gasteiger partial charge in [0.15, 0.2) is 9.84 Å². The third-order valence-electron chi connectivity index (χ3n) is 2.11. The highest BCUT2D eigenvalue weighted by Crippen LogP contribution is 2.16. The van der Waals surface area contributed by atoms with E-state index in [1.54, 1.807) is 38.1 Å². The molecule has 1 aromatic carbocycles. The topological polar surface area (TPSA) is 60.2 Å². The molecule has 0 aliphatic heterocycles. The highest BCUT2D eigenvalue weighted by molar-refractivity contribution is 7.92. The second kappa shape index (κ2) is 4.11. The average molecular weight is 213 g/mol. The Morgan fingerprint density at radius 3 is 2.07 bits per heavy atom. The molecule has 0 radical (unpaired) electrons. The van der Waals surface area contributed by atoms with Crippen molar-refractivity contribution in [2.45, 2.75) is 30.5 Å². The minimum atomic E-state index is -3.14. The molecule has 0 saturated heterocycles. The number of sulfone groups is 1. The Balaban J connectivity index is 3.10. The van der Waals surface area contributed by atoms with E-state index < -0.39 is 9.84 Å². The Bertz CT molecular complexity index is 393. The Morgan fingerprint density at radius 1 is 1.21 bits per heavy atom. The van der Waals surface area contributed by atoms with Crippen molar-refractivity contribution < 1.29 is 8.42 Å². The van der Waals surface area contributed by atoms with Crippen LogP contribution < -0.4 is 5.73 Å². The van der Waals surface area contributed by atoms with Crippen LogP contribution in [0.2, 0.25) is 0 Å². The van der Waals surface area contributed by atoms with Crippen molar-refractivity contribution in [3.05, 3.63) is 29.8 Å². The summed E-state index contributed by atoms with van der Waals surface area (Å²) in [4.78, 5) is 0.365. The van der Waals surface area contributed by atoms with Gasteiger partial charge < -0.3 is 5.73 Å². The molecule has 0 aliphatic carbocycles. The van der Waals surface area contributed by atoms with Crippen LogP contribution in [0.5, 0.6) is 0 Å². The smallest absolute Gasteiger partial charge is 0.180 e. The summed E-state index contributed by atoms with van der Waals surface area (Å²) >= 11 is 0. The molecule has 0 aromatic heterocycles. The lowest BCUT2D eigenvalue weighted by Gasteiger charge is -2.07. The van der Waals surface area contributed by atoms with Crippen LogP contribution in [-0.4, -0.2) is 13.7 Å². The van der Waals surface area contributed by atoms with E-state index in [-0.39, 0.29) is 5.25 Å². The molecular weight excluding hydrogens is 198 g/mol. The lowest BCUT2D eigenvalue weighted by molar-refractivity contribution is 0.587. The Labute approximate surface area is 84.9 Å². The third-order valence-corrected chi connectivity index (χ3v) is 4.28. The molecule has 0 bridgehead atoms. The number of benzene rings is 1. The molecular formula is C10H15NO2S. The summed E-state index contributed by atoms with van der Waals surface area (Å²) in [5.41, 5.74) is 6.36. The molecule has 0 atom stereocenters. The van der Waals surface area contributed by atoms with Gasteiger partial charge in [0.25, 0.3) is 0 Å². The highest BCUT2D eigenvalue weighted by Gasteiger charge is 2.18. The van der Waals surface area contributed by atoms with Gasteiger partial charge in [0.05, 0.1) is 10.1 Å². The van der Waals surface area contributed by atoms with E-state index in [1.165, 1.54) is 0 Å². The van der Waals surface area contributed by atoms with Crippen LogP contribution in [0, 0.1) is 0 Å². The van der Waals surface area contributed by atoms with Gasteiger partial charge in [0, 0.05) is 6.54 Å². The first-order valence-electron chi connectivity index (χ1n) is 4.51. The number of hydrogen-bond donors (Lipinski definition) is 1. The summed E-state index contributed by atoms with van der Waals surface area (Å²) in [6.07, 6.45) is 0. The van der Waals surface area contributed by atoms with Gasteiger partial charge in [-0.2, -0.15) is 0 Å². The van der Waals surface area contributed by atoms with E-state index in [1.807, 2.05) is 0 Å². The van der Waals surface area contributed by atoms with Crippen LogP contribution in [0.15, 0.2) is 29.2 Å². The molecule has 2 N–H and O–H groups in total. The summed E-state index contributed by atoms with van der Waals surface area (Å²) in [7, 11) is -3.14. The van der Waals surface area contributed by atoms with Crippen LogP contribution in [0.1, 0.15) is 19.4 Å². The average Bonchev–Trinajstić information content (AvgIpc) is 2.17. The van der Waals surface area contributed by atoms with Crippen LogP contribution in [0.25, 0.3) is 0 Å². The second-order valence-corrected chi connectivity index (χ2v) is 5.95. The minimum Gasteiger partial charge on any atom is -0.326 e. The summed E-state index contributed by atoms with van der Waals surface area (Å²) < 4.78 is 23.4. The van der Waals surface area contributed by atoms with Gasteiger partial charge in [-0.15, -0.1) is 0 Å². The molecule has 0 saturated carbocycles. The SMILES string of the molecule is CC(C)S(=O)(=O)c1ccc(CN)cc1. The molecule has 0 heterocycles. The summed E-state index contributed by atoms with van der Waals surface area (Å²) in [5, 5.41) is -0.383. The van der Waals surface area contributed by atoms with Crippen molar-refractivity contribution in [3.8, 4) is 0 Å². The van der Waals surface area contributed by atoms with Crippen molar-refractivity contribution >= 4 is 9.84 Å². The standard InChI is InChI=1S/C10H15NO2S/c1-8(2)14(12,13)10-5-3-9(7-11)4-6-10/h3-6,8H,7,11H2,1-2H3. The number of nitrogens with two attached hydrogens (primary N) is 1. The fraction of sp³-hybridized carbons (Fsp3) is 0.400. The fourth-order valence-electron chi connectivity index (χ4n) is 1.09. The van der Waals surface area contributed by atoms with Crippen LogP contribution in [-0.2, 0) is 16.4 Å². The van der Waals surface area contributed by atoms with Gasteiger partial charge in [-0.05, 0) is 31.5 Å². The summed E-state index contributed by atoms with van der Waals surface area (Å²) in [5.74, 6) is 0. The summed E-state index contributed by atoms with van der Waals surface area (Å²) in [6.45, 7) is 3.78. The lowest BCUT2D eigenvalue weighted by Crippen LogP contribution is -2.13. The van der Waals surface area contributed by atoms with Crippen molar-refractivity contribution in [3.63, 3.8) is 0 Å². The molecule has 0 spiro atoms. The maximum atomic E-state index is 11.7. The van der Waals surface area contributed by atoms with E-state index in [2.05, 4.69) is 0 Å². The summed E-state index contributed by atoms with van der Waals surface area (Å²) in [6, 6.07) is 6.71. The normalized spacial score (nSPS) is 12.0. The van der Waals surface area contributed by atoms with Crippen LogP contribution >= 0.6 is 0 Å². The van der Waals surface area contributed by atoms with Gasteiger partial charge >= 0.3 is 0 Å². The first-order valence-corrected chi connectivity index (χ1v) is 6.06. The zero-order chi connectivity index (χ0) is 10.8. The van der Waals surface area contributed by atoms with Gasteiger partial charge in [-0.25, -0.2) is 8.42 Å². The third kappa shape index (κ3) is 2.13. The minimum absolute atomic E-state index is 0.365. The Morgan fingerprint density at radius 2 is 1.71 bits per heavy atom. The van der Waals surface area contributed by atoms with Crippen molar-refractivity contribution in [2.75, 3.05) is 0 Å². The zero-order valence-electron chi connectivity index (χ0n) is 8.40. The van der Waals surface area contributed by atoms with E-state index in [9.17, 15) is 8.42 Å². The van der Waals surface area contributed by atoms with Gasteiger partial charge in [-0.3, -0.25) is 0 Å². The molecule has 4 heteroatoms. The zero-order valence-corrected chi connectivity index (χ0v) is 9.21. The monoisotopic (exact) mass is 213 g/mol. The fourth-order valence-corrected chi connectivity index (χ4v) is 2.15. The Hall–Kier alpha value is -0.870. The van der Waals surface area contributed by atoms with Crippen LogP contribution in [0.4, 0.5) is 0 Å². The number of hydrogen-bond acceptors (Lipinski definition) is 3. The number of rotatable bonds is 3. The molecule has 0 amide bonds. The van der Waals surface area contributed by atoms with Crippen molar-refractivity contribution in [1.29, 1.82) is 0 Å². The molecule has 0 unspecified atom stereocenters. The van der Waals surface area contributed by atoms with E-state index in [4.69, 9.17) is 5.73 Å². The maximum absolute atomic E-state index is 11.7. The van der Waals surface area contributed by atoms with Gasteiger partial charge in [0.2, 0.25) is 0 Å². The first-order chi connectivity index (χ1) is 6.48. The van der Waals surface area contributed by atoms with E-state index >= 15 is 0 Å².